The van der Waals surface area contributed by atoms with Crippen LogP contribution in [0.1, 0.15) is 32.3 Å². The Morgan fingerprint density at radius 2 is 1.76 bits per heavy atom. The highest BCUT2D eigenvalue weighted by Crippen LogP contribution is 2.19. The summed E-state index contributed by atoms with van der Waals surface area (Å²) in [5.41, 5.74) is 18.1. The van der Waals surface area contributed by atoms with Crippen LogP contribution >= 0.6 is 0 Å². The molecule has 11 N–H and O–H groups in total. The number of nitrogens with two attached hydrogens (primary N) is 3. The van der Waals surface area contributed by atoms with Crippen LogP contribution in [0, 0.1) is 5.92 Å². The lowest BCUT2D eigenvalue weighted by Crippen LogP contribution is -2.58. The van der Waals surface area contributed by atoms with Gasteiger partial charge in [0, 0.05) is 30.1 Å². The second-order valence-corrected chi connectivity index (χ2v) is 9.02. The summed E-state index contributed by atoms with van der Waals surface area (Å²) < 4.78 is 0. The zero-order valence-electron chi connectivity index (χ0n) is 21.0. The molecule has 0 fully saturated rings. The fourth-order valence-electron chi connectivity index (χ4n) is 3.72. The molecule has 3 amide bonds. The Morgan fingerprint density at radius 3 is 2.41 bits per heavy atom. The Labute approximate surface area is 214 Å². The minimum Gasteiger partial charge on any atom is -0.480 e. The van der Waals surface area contributed by atoms with E-state index in [1.165, 1.54) is 0 Å². The number of carboxylic acids is 1. The summed E-state index contributed by atoms with van der Waals surface area (Å²) in [5, 5.41) is 17.5. The lowest BCUT2D eigenvalue weighted by atomic mass is 10.00. The molecule has 202 valence electrons. The number of carbonyl (C=O) groups is 4. The number of nitrogens with zero attached hydrogens (tertiary/aromatic N) is 1. The van der Waals surface area contributed by atoms with E-state index in [4.69, 9.17) is 22.3 Å². The molecule has 13 nitrogen and oxygen atoms in total. The number of aromatic amines is 1. The van der Waals surface area contributed by atoms with Crippen LogP contribution in [0.2, 0.25) is 0 Å². The standard InChI is InChI=1S/C24H36N8O5/c1-13(2)20(32-21(35)16(25)7-5-9-28-24(26)27)23(37)31-18(22(36)30-12-19(33)34)10-14-11-29-17-8-4-3-6-15(14)17/h3-4,6,8,11,13,16,18,20,29H,5,7,9-10,12,25H2,1-2H3,(H,30,36)(H,31,37)(H,32,35)(H,33,34)(H4,26,27,28). The maximum atomic E-state index is 13.2. The first kappa shape index (κ1) is 29.1. The Hall–Kier alpha value is -4.13. The van der Waals surface area contributed by atoms with Crippen LogP contribution in [0.5, 0.6) is 0 Å². The minimum absolute atomic E-state index is 0.0517. The van der Waals surface area contributed by atoms with Crippen LogP contribution in [0.15, 0.2) is 35.5 Å². The zero-order valence-corrected chi connectivity index (χ0v) is 21.0. The molecule has 1 aromatic carbocycles. The number of nitrogens with one attached hydrogen (secondary N) is 4. The summed E-state index contributed by atoms with van der Waals surface area (Å²) in [4.78, 5) is 56.6. The summed E-state index contributed by atoms with van der Waals surface area (Å²) >= 11 is 0. The van der Waals surface area contributed by atoms with E-state index >= 15 is 0 Å². The SMILES string of the molecule is CC(C)C(NC(=O)C(N)CCCN=C(N)N)C(=O)NC(Cc1c[nH]c2ccccc12)C(=O)NCC(=O)O. The number of hydrogen-bond acceptors (Lipinski definition) is 6. The maximum Gasteiger partial charge on any atom is 0.322 e. The van der Waals surface area contributed by atoms with Gasteiger partial charge in [-0.25, -0.2) is 0 Å². The Bertz CT molecular complexity index is 1130. The topological polar surface area (TPSA) is 231 Å². The molecule has 0 bridgehead atoms. The van der Waals surface area contributed by atoms with Gasteiger partial charge < -0.3 is 43.2 Å². The molecule has 2 aromatic rings. The molecular formula is C24H36N8O5. The number of benzene rings is 1. The lowest BCUT2D eigenvalue weighted by molar-refractivity contribution is -0.138. The monoisotopic (exact) mass is 516 g/mol. The minimum atomic E-state index is -1.22. The quantitative estimate of drug-likeness (QED) is 0.0871. The van der Waals surface area contributed by atoms with Gasteiger partial charge in [-0.2, -0.15) is 0 Å². The summed E-state index contributed by atoms with van der Waals surface area (Å²) in [7, 11) is 0. The molecule has 0 saturated heterocycles. The van der Waals surface area contributed by atoms with Gasteiger partial charge in [0.25, 0.3) is 0 Å². The van der Waals surface area contributed by atoms with Gasteiger partial charge in [0.15, 0.2) is 5.96 Å². The second kappa shape index (κ2) is 13.8. The third kappa shape index (κ3) is 9.11. The lowest BCUT2D eigenvalue weighted by Gasteiger charge is -2.26. The number of aliphatic carboxylic acids is 1. The van der Waals surface area contributed by atoms with Crippen molar-refractivity contribution >= 4 is 40.6 Å². The van der Waals surface area contributed by atoms with Crippen molar-refractivity contribution in [2.75, 3.05) is 13.1 Å². The van der Waals surface area contributed by atoms with Gasteiger partial charge in [-0.3, -0.25) is 24.2 Å². The number of rotatable bonds is 14. The van der Waals surface area contributed by atoms with Crippen LogP contribution in [0.4, 0.5) is 0 Å². The van der Waals surface area contributed by atoms with Crippen molar-refractivity contribution in [3.05, 3.63) is 36.0 Å². The van der Waals surface area contributed by atoms with E-state index in [0.717, 1.165) is 16.5 Å². The van der Waals surface area contributed by atoms with Crippen LogP contribution < -0.4 is 33.2 Å². The van der Waals surface area contributed by atoms with Gasteiger partial charge in [-0.05, 0) is 30.4 Å². The van der Waals surface area contributed by atoms with Gasteiger partial charge >= 0.3 is 5.97 Å². The first-order valence-corrected chi connectivity index (χ1v) is 12.0. The third-order valence-corrected chi connectivity index (χ3v) is 5.70. The molecule has 0 spiro atoms. The molecule has 0 radical (unpaired) electrons. The fraction of sp³-hybridized carbons (Fsp3) is 0.458. The number of fused-ring (bicyclic) bond motifs is 1. The molecule has 0 saturated carbocycles. The molecule has 2 rings (SSSR count). The van der Waals surface area contributed by atoms with Crippen molar-refractivity contribution in [2.24, 2.45) is 28.1 Å². The second-order valence-electron chi connectivity index (χ2n) is 9.02. The van der Waals surface area contributed by atoms with E-state index in [2.05, 4.69) is 25.9 Å². The van der Waals surface area contributed by atoms with Gasteiger partial charge in [0.1, 0.15) is 18.6 Å². The molecular weight excluding hydrogens is 480 g/mol. The van der Waals surface area contributed by atoms with Crippen molar-refractivity contribution in [3.63, 3.8) is 0 Å². The Balaban J connectivity index is 2.13. The van der Waals surface area contributed by atoms with E-state index < -0.39 is 48.4 Å². The predicted octanol–water partition coefficient (Wildman–Crippen LogP) is -1.08. The van der Waals surface area contributed by atoms with Crippen molar-refractivity contribution in [3.8, 4) is 0 Å². The molecule has 3 atom stereocenters. The molecule has 13 heteroatoms. The number of hydrogen-bond donors (Lipinski definition) is 8. The first-order chi connectivity index (χ1) is 17.5. The molecule has 1 heterocycles. The molecule has 0 aliphatic carbocycles. The molecule has 1 aromatic heterocycles. The first-order valence-electron chi connectivity index (χ1n) is 12.0. The summed E-state index contributed by atoms with van der Waals surface area (Å²) in [5.74, 6) is -3.37. The highest BCUT2D eigenvalue weighted by Gasteiger charge is 2.30. The number of aromatic nitrogens is 1. The van der Waals surface area contributed by atoms with Crippen molar-refractivity contribution < 1.29 is 24.3 Å². The van der Waals surface area contributed by atoms with Gasteiger partial charge in [-0.15, -0.1) is 0 Å². The van der Waals surface area contributed by atoms with Gasteiger partial charge in [0.2, 0.25) is 17.7 Å². The van der Waals surface area contributed by atoms with E-state index in [1.54, 1.807) is 20.0 Å². The number of aliphatic imine (C=N–C) groups is 1. The average Bonchev–Trinajstić information content (AvgIpc) is 3.25. The number of carboxylic acid groups (broad SMARTS) is 1. The molecule has 0 aliphatic heterocycles. The predicted molar refractivity (Wildman–Crippen MR) is 139 cm³/mol. The smallest absolute Gasteiger partial charge is 0.322 e. The highest BCUT2D eigenvalue weighted by molar-refractivity contribution is 5.94. The fourth-order valence-corrected chi connectivity index (χ4v) is 3.72. The van der Waals surface area contributed by atoms with E-state index in [-0.39, 0.29) is 18.3 Å². The Morgan fingerprint density at radius 1 is 1.05 bits per heavy atom. The maximum absolute atomic E-state index is 13.2. The third-order valence-electron chi connectivity index (χ3n) is 5.70. The van der Waals surface area contributed by atoms with Crippen LogP contribution in [0.3, 0.4) is 0 Å². The summed E-state index contributed by atoms with van der Waals surface area (Å²) in [6.45, 7) is 3.21. The summed E-state index contributed by atoms with van der Waals surface area (Å²) in [6.07, 6.45) is 2.61. The van der Waals surface area contributed by atoms with Crippen molar-refractivity contribution in [1.29, 1.82) is 0 Å². The number of guanidine groups is 1. The van der Waals surface area contributed by atoms with Gasteiger partial charge in [0.05, 0.1) is 6.04 Å². The number of H-pyrrole nitrogens is 1. The highest BCUT2D eigenvalue weighted by atomic mass is 16.4. The normalized spacial score (nSPS) is 13.4. The van der Waals surface area contributed by atoms with E-state index in [9.17, 15) is 19.2 Å². The van der Waals surface area contributed by atoms with E-state index in [0.29, 0.717) is 19.4 Å². The van der Waals surface area contributed by atoms with Crippen molar-refractivity contribution in [1.82, 2.24) is 20.9 Å². The molecule has 37 heavy (non-hydrogen) atoms. The zero-order chi connectivity index (χ0) is 27.5. The van der Waals surface area contributed by atoms with Crippen LogP contribution in [-0.2, 0) is 25.6 Å². The van der Waals surface area contributed by atoms with Crippen LogP contribution in [0.25, 0.3) is 10.9 Å². The van der Waals surface area contributed by atoms with Gasteiger partial charge in [-0.1, -0.05) is 32.0 Å². The average molecular weight is 517 g/mol. The van der Waals surface area contributed by atoms with Crippen molar-refractivity contribution in [2.45, 2.75) is 51.2 Å². The molecule has 0 aliphatic rings. The number of carbonyl (C=O) groups excluding carboxylic acids is 3. The number of amides is 3. The number of para-hydroxylation sites is 1. The Kier molecular flexibility index (Phi) is 10.9. The largest absolute Gasteiger partial charge is 0.480 e. The van der Waals surface area contributed by atoms with Crippen LogP contribution in [-0.4, -0.2) is 71.0 Å². The molecule has 3 unspecified atom stereocenters. The van der Waals surface area contributed by atoms with E-state index in [1.807, 2.05) is 24.3 Å². The summed E-state index contributed by atoms with van der Waals surface area (Å²) in [6, 6.07) is 4.52.